The summed E-state index contributed by atoms with van der Waals surface area (Å²) in [5.74, 6) is -0.536. The Kier molecular flexibility index (Phi) is 4.50. The van der Waals surface area contributed by atoms with Gasteiger partial charge < -0.3 is 15.2 Å². The first-order chi connectivity index (χ1) is 10.1. The third-order valence-electron chi connectivity index (χ3n) is 2.73. The Hall–Kier alpha value is -2.89. The van der Waals surface area contributed by atoms with Crippen LogP contribution in [0.4, 0.5) is 5.82 Å². The van der Waals surface area contributed by atoms with Crippen LogP contribution in [-0.4, -0.2) is 29.1 Å². The number of methoxy groups -OCH3 is 1. The van der Waals surface area contributed by atoms with Crippen LogP contribution < -0.4 is 10.1 Å². The number of amides is 1. The molecule has 0 saturated heterocycles. The average molecular weight is 286 g/mol. The van der Waals surface area contributed by atoms with Crippen molar-refractivity contribution in [2.24, 2.45) is 0 Å². The number of carboxylic acids is 1. The molecule has 0 atom stereocenters. The second-order valence-corrected chi connectivity index (χ2v) is 4.29. The van der Waals surface area contributed by atoms with Crippen molar-refractivity contribution in [2.75, 3.05) is 12.4 Å². The van der Waals surface area contributed by atoms with Gasteiger partial charge in [0.2, 0.25) is 5.91 Å². The van der Waals surface area contributed by atoms with Crippen molar-refractivity contribution in [3.63, 3.8) is 0 Å². The molecule has 2 rings (SSSR count). The van der Waals surface area contributed by atoms with Gasteiger partial charge in [-0.25, -0.2) is 9.78 Å². The van der Waals surface area contributed by atoms with E-state index in [0.29, 0.717) is 5.75 Å². The topological polar surface area (TPSA) is 88.5 Å². The highest BCUT2D eigenvalue weighted by molar-refractivity contribution is 5.92. The number of nitrogens with one attached hydrogen (secondary N) is 1. The molecular weight excluding hydrogens is 272 g/mol. The zero-order valence-electron chi connectivity index (χ0n) is 11.4. The number of benzene rings is 1. The van der Waals surface area contributed by atoms with E-state index in [0.717, 1.165) is 5.56 Å². The molecule has 0 saturated carbocycles. The van der Waals surface area contributed by atoms with Gasteiger partial charge in [-0.1, -0.05) is 18.2 Å². The molecule has 1 aromatic heterocycles. The second-order valence-electron chi connectivity index (χ2n) is 4.29. The molecule has 2 N–H and O–H groups in total. The Morgan fingerprint density at radius 3 is 2.71 bits per heavy atom. The molecule has 21 heavy (non-hydrogen) atoms. The molecule has 0 aliphatic heterocycles. The van der Waals surface area contributed by atoms with Crippen molar-refractivity contribution in [2.45, 2.75) is 6.42 Å². The van der Waals surface area contributed by atoms with E-state index < -0.39 is 5.97 Å². The molecule has 1 aromatic carbocycles. The molecule has 0 unspecified atom stereocenters. The Balaban J connectivity index is 2.04. The van der Waals surface area contributed by atoms with Crippen LogP contribution in [0.1, 0.15) is 16.1 Å². The Bertz CT molecular complexity index is 670. The highest BCUT2D eigenvalue weighted by Gasteiger charge is 2.09. The van der Waals surface area contributed by atoms with Crippen LogP contribution in [0, 0.1) is 0 Å². The maximum absolute atomic E-state index is 11.9. The summed E-state index contributed by atoms with van der Waals surface area (Å²) in [6.45, 7) is 0. The number of hydrogen-bond donors (Lipinski definition) is 2. The average Bonchev–Trinajstić information content (AvgIpc) is 2.47. The first kappa shape index (κ1) is 14.5. The van der Waals surface area contributed by atoms with Gasteiger partial charge in [0.15, 0.2) is 5.69 Å². The number of pyridine rings is 1. The van der Waals surface area contributed by atoms with Gasteiger partial charge in [0.05, 0.1) is 13.5 Å². The van der Waals surface area contributed by atoms with Gasteiger partial charge in [0.25, 0.3) is 0 Å². The SMILES string of the molecule is COc1cccc(CC(=O)Nc2cccc(C(=O)O)n2)c1. The van der Waals surface area contributed by atoms with E-state index in [1.165, 1.54) is 18.2 Å². The van der Waals surface area contributed by atoms with Crippen LogP contribution in [0.2, 0.25) is 0 Å². The molecule has 0 aliphatic rings. The van der Waals surface area contributed by atoms with Gasteiger partial charge in [-0.05, 0) is 29.8 Å². The van der Waals surface area contributed by atoms with E-state index in [9.17, 15) is 9.59 Å². The number of carbonyl (C=O) groups excluding carboxylic acids is 1. The number of hydrogen-bond acceptors (Lipinski definition) is 4. The lowest BCUT2D eigenvalue weighted by atomic mass is 10.1. The van der Waals surface area contributed by atoms with Gasteiger partial charge in [0.1, 0.15) is 11.6 Å². The highest BCUT2D eigenvalue weighted by Crippen LogP contribution is 2.13. The number of rotatable bonds is 5. The predicted molar refractivity (Wildman–Crippen MR) is 76.5 cm³/mol. The van der Waals surface area contributed by atoms with Crippen LogP contribution in [0.3, 0.4) is 0 Å². The summed E-state index contributed by atoms with van der Waals surface area (Å²) >= 11 is 0. The number of carboxylic acid groups (broad SMARTS) is 1. The number of ether oxygens (including phenoxy) is 1. The summed E-state index contributed by atoms with van der Waals surface area (Å²) in [6.07, 6.45) is 0.149. The van der Waals surface area contributed by atoms with Gasteiger partial charge in [0, 0.05) is 0 Å². The van der Waals surface area contributed by atoms with Crippen LogP contribution in [0.15, 0.2) is 42.5 Å². The number of aromatic carboxylic acids is 1. The van der Waals surface area contributed by atoms with Crippen molar-refractivity contribution < 1.29 is 19.4 Å². The van der Waals surface area contributed by atoms with Gasteiger partial charge in [-0.15, -0.1) is 0 Å². The summed E-state index contributed by atoms with van der Waals surface area (Å²) in [7, 11) is 1.56. The van der Waals surface area contributed by atoms with Gasteiger partial charge in [-0.3, -0.25) is 4.79 Å². The molecule has 0 aliphatic carbocycles. The van der Waals surface area contributed by atoms with Crippen molar-refractivity contribution >= 4 is 17.7 Å². The molecule has 6 heteroatoms. The van der Waals surface area contributed by atoms with E-state index in [1.807, 2.05) is 6.07 Å². The number of nitrogens with zero attached hydrogens (tertiary/aromatic N) is 1. The van der Waals surface area contributed by atoms with E-state index in [4.69, 9.17) is 9.84 Å². The van der Waals surface area contributed by atoms with E-state index in [-0.39, 0.29) is 23.8 Å². The van der Waals surface area contributed by atoms with Crippen molar-refractivity contribution in [1.82, 2.24) is 4.98 Å². The minimum atomic E-state index is -1.14. The zero-order valence-corrected chi connectivity index (χ0v) is 11.4. The first-order valence-electron chi connectivity index (χ1n) is 6.21. The number of aromatic nitrogens is 1. The third-order valence-corrected chi connectivity index (χ3v) is 2.73. The van der Waals surface area contributed by atoms with Crippen LogP contribution in [0.25, 0.3) is 0 Å². The van der Waals surface area contributed by atoms with Crippen molar-refractivity contribution in [3.05, 3.63) is 53.7 Å². The van der Waals surface area contributed by atoms with Crippen molar-refractivity contribution in [3.8, 4) is 5.75 Å². The first-order valence-corrected chi connectivity index (χ1v) is 6.21. The molecule has 0 spiro atoms. The van der Waals surface area contributed by atoms with Gasteiger partial charge >= 0.3 is 5.97 Å². The minimum absolute atomic E-state index is 0.116. The number of carbonyl (C=O) groups is 2. The fourth-order valence-electron chi connectivity index (χ4n) is 1.78. The summed E-state index contributed by atoms with van der Waals surface area (Å²) in [4.78, 5) is 26.6. The van der Waals surface area contributed by atoms with Gasteiger partial charge in [-0.2, -0.15) is 0 Å². The summed E-state index contributed by atoms with van der Waals surface area (Å²) < 4.78 is 5.09. The predicted octanol–water partition coefficient (Wildman–Crippen LogP) is 1.97. The van der Waals surface area contributed by atoms with Crippen LogP contribution >= 0.6 is 0 Å². The monoisotopic (exact) mass is 286 g/mol. The Labute approximate surface area is 121 Å². The van der Waals surface area contributed by atoms with E-state index >= 15 is 0 Å². The highest BCUT2D eigenvalue weighted by atomic mass is 16.5. The third kappa shape index (κ3) is 4.04. The fraction of sp³-hybridized carbons (Fsp3) is 0.133. The van der Waals surface area contributed by atoms with Crippen LogP contribution in [0.5, 0.6) is 5.75 Å². The molecule has 6 nitrogen and oxygen atoms in total. The molecule has 0 fully saturated rings. The molecule has 0 bridgehead atoms. The lowest BCUT2D eigenvalue weighted by Gasteiger charge is -2.06. The summed E-state index contributed by atoms with van der Waals surface area (Å²) in [5, 5.41) is 11.4. The smallest absolute Gasteiger partial charge is 0.354 e. The largest absolute Gasteiger partial charge is 0.497 e. The van der Waals surface area contributed by atoms with E-state index in [2.05, 4.69) is 10.3 Å². The number of anilines is 1. The molecule has 2 aromatic rings. The molecular formula is C15H14N2O4. The maximum atomic E-state index is 11.9. The zero-order chi connectivity index (χ0) is 15.2. The van der Waals surface area contributed by atoms with Crippen LogP contribution in [-0.2, 0) is 11.2 Å². The fourth-order valence-corrected chi connectivity index (χ4v) is 1.78. The molecule has 1 heterocycles. The second kappa shape index (κ2) is 6.51. The molecule has 108 valence electrons. The minimum Gasteiger partial charge on any atom is -0.497 e. The summed E-state index contributed by atoms with van der Waals surface area (Å²) in [6, 6.07) is 11.6. The Morgan fingerprint density at radius 2 is 2.00 bits per heavy atom. The standard InChI is InChI=1S/C15H14N2O4/c1-21-11-5-2-4-10(8-11)9-14(18)17-13-7-3-6-12(16-13)15(19)20/h2-8H,9H2,1H3,(H,19,20)(H,16,17,18). The van der Waals surface area contributed by atoms with Crippen molar-refractivity contribution in [1.29, 1.82) is 0 Å². The maximum Gasteiger partial charge on any atom is 0.354 e. The quantitative estimate of drug-likeness (QED) is 0.877. The lowest BCUT2D eigenvalue weighted by Crippen LogP contribution is -2.16. The normalized spacial score (nSPS) is 9.95. The molecule has 1 amide bonds. The summed E-state index contributed by atoms with van der Waals surface area (Å²) in [5.41, 5.74) is 0.676. The Morgan fingerprint density at radius 1 is 1.24 bits per heavy atom. The molecule has 0 radical (unpaired) electrons. The lowest BCUT2D eigenvalue weighted by molar-refractivity contribution is -0.115. The van der Waals surface area contributed by atoms with E-state index in [1.54, 1.807) is 25.3 Å².